The van der Waals surface area contributed by atoms with Crippen molar-refractivity contribution in [2.75, 3.05) is 7.11 Å². The summed E-state index contributed by atoms with van der Waals surface area (Å²) in [6.45, 7) is 0. The Labute approximate surface area is 111 Å². The molecule has 0 aliphatic carbocycles. The van der Waals surface area contributed by atoms with E-state index in [1.54, 1.807) is 23.9 Å². The van der Waals surface area contributed by atoms with Crippen molar-refractivity contribution >= 4 is 17.7 Å². The molecule has 0 N–H and O–H groups in total. The van der Waals surface area contributed by atoms with Gasteiger partial charge >= 0.3 is 5.97 Å². The molecular weight excluding hydrogens is 244 g/mol. The molecule has 0 spiro atoms. The highest BCUT2D eigenvalue weighted by molar-refractivity contribution is 7.98. The van der Waals surface area contributed by atoms with Gasteiger partial charge in [0.15, 0.2) is 0 Å². The van der Waals surface area contributed by atoms with E-state index < -0.39 is 0 Å². The molecule has 0 bridgehead atoms. The van der Waals surface area contributed by atoms with Crippen LogP contribution in [0.2, 0.25) is 0 Å². The van der Waals surface area contributed by atoms with E-state index >= 15 is 0 Å². The maximum Gasteiger partial charge on any atom is 0.337 e. The van der Waals surface area contributed by atoms with E-state index in [9.17, 15) is 4.79 Å². The minimum Gasteiger partial charge on any atom is -0.465 e. The summed E-state index contributed by atoms with van der Waals surface area (Å²) in [5.74, 6) is 0.632. The summed E-state index contributed by atoms with van der Waals surface area (Å²) in [7, 11) is 1.39. The molecule has 0 aromatic heterocycles. The summed E-state index contributed by atoms with van der Waals surface area (Å²) in [6, 6.07) is 17.8. The van der Waals surface area contributed by atoms with Crippen molar-refractivity contribution in [3.8, 4) is 0 Å². The molecule has 0 heterocycles. The molecule has 0 saturated carbocycles. The fourth-order valence-electron chi connectivity index (χ4n) is 1.55. The third-order valence-electron chi connectivity index (χ3n) is 2.52. The maximum atomic E-state index is 11.3. The second kappa shape index (κ2) is 6.26. The van der Waals surface area contributed by atoms with E-state index in [1.165, 1.54) is 12.7 Å². The molecule has 0 saturated heterocycles. The Morgan fingerprint density at radius 3 is 2.33 bits per heavy atom. The van der Waals surface area contributed by atoms with E-state index in [-0.39, 0.29) is 5.97 Å². The molecule has 92 valence electrons. The summed E-state index contributed by atoms with van der Waals surface area (Å²) in [4.78, 5) is 12.4. The van der Waals surface area contributed by atoms with Crippen LogP contribution in [0.25, 0.3) is 0 Å². The molecule has 2 aromatic rings. The van der Waals surface area contributed by atoms with Crippen LogP contribution in [0.4, 0.5) is 0 Å². The Balaban J connectivity index is 1.97. The number of benzene rings is 2. The van der Waals surface area contributed by atoms with Gasteiger partial charge < -0.3 is 4.74 Å². The lowest BCUT2D eigenvalue weighted by Gasteiger charge is -2.03. The lowest BCUT2D eigenvalue weighted by Crippen LogP contribution is -2.00. The monoisotopic (exact) mass is 258 g/mol. The first-order chi connectivity index (χ1) is 8.79. The highest BCUT2D eigenvalue weighted by Crippen LogP contribution is 2.23. The van der Waals surface area contributed by atoms with Gasteiger partial charge in [0.1, 0.15) is 0 Å². The molecule has 2 nitrogen and oxygen atoms in total. The predicted octanol–water partition coefficient (Wildman–Crippen LogP) is 3.77. The number of rotatable bonds is 4. The average Bonchev–Trinajstić information content (AvgIpc) is 2.46. The number of esters is 1. The van der Waals surface area contributed by atoms with Crippen LogP contribution in [0.3, 0.4) is 0 Å². The average molecular weight is 258 g/mol. The molecule has 2 rings (SSSR count). The Kier molecular flexibility index (Phi) is 4.42. The van der Waals surface area contributed by atoms with Gasteiger partial charge in [-0.2, -0.15) is 0 Å². The summed E-state index contributed by atoms with van der Waals surface area (Å²) in [5, 5.41) is 0. The number of methoxy groups -OCH3 is 1. The number of hydrogen-bond donors (Lipinski definition) is 0. The van der Waals surface area contributed by atoms with Crippen molar-refractivity contribution in [1.82, 2.24) is 0 Å². The van der Waals surface area contributed by atoms with E-state index in [0.29, 0.717) is 5.56 Å². The van der Waals surface area contributed by atoms with Gasteiger partial charge in [0, 0.05) is 10.6 Å². The van der Waals surface area contributed by atoms with Crippen molar-refractivity contribution in [1.29, 1.82) is 0 Å². The summed E-state index contributed by atoms with van der Waals surface area (Å²) >= 11 is 1.75. The lowest BCUT2D eigenvalue weighted by molar-refractivity contribution is 0.0600. The second-order valence-corrected chi connectivity index (χ2v) is 4.84. The Hall–Kier alpha value is -1.74. The van der Waals surface area contributed by atoms with Gasteiger partial charge in [-0.1, -0.05) is 30.3 Å². The van der Waals surface area contributed by atoms with Crippen LogP contribution in [0.15, 0.2) is 59.5 Å². The number of carbonyl (C=O) groups excluding carboxylic acids is 1. The highest BCUT2D eigenvalue weighted by atomic mass is 32.2. The lowest BCUT2D eigenvalue weighted by atomic mass is 10.2. The molecule has 0 aliphatic rings. The van der Waals surface area contributed by atoms with Crippen molar-refractivity contribution < 1.29 is 9.53 Å². The third kappa shape index (κ3) is 3.37. The van der Waals surface area contributed by atoms with Crippen LogP contribution >= 0.6 is 11.8 Å². The number of carbonyl (C=O) groups is 1. The van der Waals surface area contributed by atoms with Crippen molar-refractivity contribution in [2.24, 2.45) is 0 Å². The smallest absolute Gasteiger partial charge is 0.337 e. The quantitative estimate of drug-likeness (QED) is 0.617. The zero-order chi connectivity index (χ0) is 12.8. The first-order valence-corrected chi connectivity index (χ1v) is 6.63. The van der Waals surface area contributed by atoms with E-state index in [0.717, 1.165) is 10.6 Å². The first kappa shape index (κ1) is 12.7. The van der Waals surface area contributed by atoms with Crippen LogP contribution < -0.4 is 0 Å². The standard InChI is InChI=1S/C15H14O2S/c1-17-15(16)13-7-9-14(10-8-13)18-11-12-5-3-2-4-6-12/h2-10H,11H2,1H3. The fraction of sp³-hybridized carbons (Fsp3) is 0.133. The summed E-state index contributed by atoms with van der Waals surface area (Å²) < 4.78 is 4.66. The molecule has 2 aromatic carbocycles. The largest absolute Gasteiger partial charge is 0.465 e. The van der Waals surface area contributed by atoms with Gasteiger partial charge in [-0.05, 0) is 29.8 Å². The Morgan fingerprint density at radius 2 is 1.72 bits per heavy atom. The van der Waals surface area contributed by atoms with Crippen LogP contribution in [0.1, 0.15) is 15.9 Å². The van der Waals surface area contributed by atoms with Crippen LogP contribution in [0, 0.1) is 0 Å². The van der Waals surface area contributed by atoms with Gasteiger partial charge in [0.25, 0.3) is 0 Å². The van der Waals surface area contributed by atoms with Crippen LogP contribution in [-0.2, 0) is 10.5 Å². The molecule has 0 fully saturated rings. The van der Waals surface area contributed by atoms with Crippen LogP contribution in [0.5, 0.6) is 0 Å². The number of thioether (sulfide) groups is 1. The number of ether oxygens (including phenoxy) is 1. The maximum absolute atomic E-state index is 11.3. The van der Waals surface area contributed by atoms with Crippen molar-refractivity contribution in [2.45, 2.75) is 10.6 Å². The van der Waals surface area contributed by atoms with Gasteiger partial charge in [-0.3, -0.25) is 0 Å². The Bertz CT molecular complexity index is 506. The first-order valence-electron chi connectivity index (χ1n) is 5.64. The van der Waals surface area contributed by atoms with Gasteiger partial charge in [-0.25, -0.2) is 4.79 Å². The summed E-state index contributed by atoms with van der Waals surface area (Å²) in [6.07, 6.45) is 0. The minimum atomic E-state index is -0.297. The van der Waals surface area contributed by atoms with Crippen molar-refractivity contribution in [3.05, 3.63) is 65.7 Å². The highest BCUT2D eigenvalue weighted by Gasteiger charge is 2.04. The molecule has 0 radical (unpaired) electrons. The SMILES string of the molecule is COC(=O)c1ccc(SCc2ccccc2)cc1. The molecule has 0 aliphatic heterocycles. The van der Waals surface area contributed by atoms with E-state index in [4.69, 9.17) is 0 Å². The molecule has 18 heavy (non-hydrogen) atoms. The normalized spacial score (nSPS) is 10.1. The third-order valence-corrected chi connectivity index (χ3v) is 3.61. The zero-order valence-electron chi connectivity index (χ0n) is 10.1. The van der Waals surface area contributed by atoms with Gasteiger partial charge in [0.2, 0.25) is 0 Å². The van der Waals surface area contributed by atoms with E-state index in [1.807, 2.05) is 30.3 Å². The molecule has 0 unspecified atom stereocenters. The minimum absolute atomic E-state index is 0.297. The van der Waals surface area contributed by atoms with E-state index in [2.05, 4.69) is 16.9 Å². The molecular formula is C15H14O2S. The second-order valence-electron chi connectivity index (χ2n) is 3.79. The predicted molar refractivity (Wildman–Crippen MR) is 73.8 cm³/mol. The summed E-state index contributed by atoms with van der Waals surface area (Å²) in [5.41, 5.74) is 1.88. The van der Waals surface area contributed by atoms with Crippen LogP contribution in [-0.4, -0.2) is 13.1 Å². The molecule has 0 amide bonds. The zero-order valence-corrected chi connectivity index (χ0v) is 10.9. The van der Waals surface area contributed by atoms with Gasteiger partial charge in [0.05, 0.1) is 12.7 Å². The Morgan fingerprint density at radius 1 is 1.06 bits per heavy atom. The number of hydrogen-bond acceptors (Lipinski definition) is 3. The molecule has 3 heteroatoms. The molecule has 0 atom stereocenters. The van der Waals surface area contributed by atoms with Crippen molar-refractivity contribution in [3.63, 3.8) is 0 Å². The fourth-order valence-corrected chi connectivity index (χ4v) is 2.40. The topological polar surface area (TPSA) is 26.3 Å². The van der Waals surface area contributed by atoms with Gasteiger partial charge in [-0.15, -0.1) is 11.8 Å².